The summed E-state index contributed by atoms with van der Waals surface area (Å²) in [5.74, 6) is -0.0154. The van der Waals surface area contributed by atoms with Gasteiger partial charge in [0.1, 0.15) is 0 Å². The minimum atomic E-state index is -0.306. The minimum Gasteiger partial charge on any atom is -0.494 e. The van der Waals surface area contributed by atoms with Crippen LogP contribution in [0.15, 0.2) is 29.8 Å². The lowest BCUT2D eigenvalue weighted by Gasteiger charge is -2.33. The third-order valence-electron chi connectivity index (χ3n) is 3.59. The van der Waals surface area contributed by atoms with Gasteiger partial charge in [-0.25, -0.2) is 4.39 Å². The molecule has 2 N–H and O–H groups in total. The molecule has 2 nitrogen and oxygen atoms in total. The molecule has 1 unspecified atom stereocenters. The van der Waals surface area contributed by atoms with Gasteiger partial charge in [0.15, 0.2) is 11.6 Å². The Morgan fingerprint density at radius 2 is 2.16 bits per heavy atom. The molecule has 0 amide bonds. The van der Waals surface area contributed by atoms with E-state index in [2.05, 4.69) is 19.9 Å². The Kier molecular flexibility index (Phi) is 3.95. The van der Waals surface area contributed by atoms with Gasteiger partial charge in [0, 0.05) is 6.04 Å². The van der Waals surface area contributed by atoms with Crippen LogP contribution in [-0.2, 0) is 6.42 Å². The maximum absolute atomic E-state index is 13.7. The van der Waals surface area contributed by atoms with Gasteiger partial charge in [-0.05, 0) is 42.4 Å². The first-order valence-electron chi connectivity index (χ1n) is 6.67. The van der Waals surface area contributed by atoms with Crippen molar-refractivity contribution in [2.75, 3.05) is 7.11 Å². The highest BCUT2D eigenvalue weighted by atomic mass is 19.1. The molecule has 1 atom stereocenters. The van der Waals surface area contributed by atoms with Crippen LogP contribution in [-0.4, -0.2) is 13.2 Å². The van der Waals surface area contributed by atoms with E-state index in [9.17, 15) is 4.39 Å². The Bertz CT molecular complexity index is 494. The van der Waals surface area contributed by atoms with Crippen LogP contribution in [0.5, 0.6) is 5.75 Å². The van der Waals surface area contributed by atoms with Crippen LogP contribution >= 0.6 is 0 Å². The van der Waals surface area contributed by atoms with Crippen LogP contribution in [0, 0.1) is 11.2 Å². The van der Waals surface area contributed by atoms with E-state index in [4.69, 9.17) is 10.5 Å². The number of allylic oxidation sites excluding steroid dienone is 1. The van der Waals surface area contributed by atoms with E-state index in [0.717, 1.165) is 24.8 Å². The van der Waals surface area contributed by atoms with Crippen molar-refractivity contribution in [3.63, 3.8) is 0 Å². The zero-order chi connectivity index (χ0) is 14.0. The number of rotatable bonds is 3. The second-order valence-electron chi connectivity index (χ2n) is 6.18. The molecule has 104 valence electrons. The summed E-state index contributed by atoms with van der Waals surface area (Å²) < 4.78 is 18.6. The fourth-order valence-corrected chi connectivity index (χ4v) is 2.95. The van der Waals surface area contributed by atoms with E-state index in [-0.39, 0.29) is 17.3 Å². The highest BCUT2D eigenvalue weighted by Crippen LogP contribution is 2.36. The maximum Gasteiger partial charge on any atom is 0.165 e. The molecule has 0 radical (unpaired) electrons. The topological polar surface area (TPSA) is 35.2 Å². The first-order chi connectivity index (χ1) is 8.89. The van der Waals surface area contributed by atoms with Crippen LogP contribution < -0.4 is 10.5 Å². The fraction of sp³-hybridized carbons (Fsp3) is 0.500. The van der Waals surface area contributed by atoms with E-state index < -0.39 is 0 Å². The van der Waals surface area contributed by atoms with Crippen molar-refractivity contribution < 1.29 is 9.13 Å². The summed E-state index contributed by atoms with van der Waals surface area (Å²) in [7, 11) is 1.48. The van der Waals surface area contributed by atoms with Crippen molar-refractivity contribution in [1.82, 2.24) is 0 Å². The molecule has 1 aromatic rings. The summed E-state index contributed by atoms with van der Waals surface area (Å²) in [6.07, 6.45) is 4.92. The van der Waals surface area contributed by atoms with Crippen LogP contribution in [0.1, 0.15) is 32.3 Å². The second kappa shape index (κ2) is 5.33. The lowest BCUT2D eigenvalue weighted by molar-refractivity contribution is 0.299. The standard InChI is InChI=1S/C16H22FNO/c1-16(2)9-12(7-13(18)10-16)6-11-4-5-15(19-3)14(17)8-11/h4-5,7-8,13H,6,9-10,18H2,1-3H3. The zero-order valence-electron chi connectivity index (χ0n) is 11.9. The molecule has 2 rings (SSSR count). The number of hydrogen-bond acceptors (Lipinski definition) is 2. The number of hydrogen-bond donors (Lipinski definition) is 1. The summed E-state index contributed by atoms with van der Waals surface area (Å²) in [6.45, 7) is 4.46. The largest absolute Gasteiger partial charge is 0.494 e. The van der Waals surface area contributed by atoms with Crippen molar-refractivity contribution in [3.8, 4) is 5.75 Å². The molecule has 0 aromatic heterocycles. The van der Waals surface area contributed by atoms with Crippen LogP contribution in [0.3, 0.4) is 0 Å². The summed E-state index contributed by atoms with van der Waals surface area (Å²) in [5, 5.41) is 0. The molecule has 0 bridgehead atoms. The second-order valence-corrected chi connectivity index (χ2v) is 6.18. The molecule has 0 saturated heterocycles. The molecule has 0 saturated carbocycles. The van der Waals surface area contributed by atoms with Crippen molar-refractivity contribution in [2.45, 2.75) is 39.2 Å². The maximum atomic E-state index is 13.7. The molecule has 0 aliphatic heterocycles. The highest BCUT2D eigenvalue weighted by Gasteiger charge is 2.26. The molecule has 3 heteroatoms. The molecule has 1 aliphatic carbocycles. The van der Waals surface area contributed by atoms with Gasteiger partial charge in [-0.2, -0.15) is 0 Å². The molecule has 1 aromatic carbocycles. The Labute approximate surface area is 114 Å². The van der Waals surface area contributed by atoms with E-state index in [1.807, 2.05) is 6.07 Å². The van der Waals surface area contributed by atoms with Gasteiger partial charge in [0.2, 0.25) is 0 Å². The lowest BCUT2D eigenvalue weighted by atomic mass is 9.74. The normalized spacial score (nSPS) is 21.9. The number of ether oxygens (including phenoxy) is 1. The van der Waals surface area contributed by atoms with E-state index in [1.54, 1.807) is 12.1 Å². The predicted octanol–water partition coefficient (Wildman–Crippen LogP) is 3.45. The zero-order valence-corrected chi connectivity index (χ0v) is 11.9. The minimum absolute atomic E-state index is 0.113. The van der Waals surface area contributed by atoms with E-state index in [1.165, 1.54) is 12.7 Å². The Hall–Kier alpha value is -1.35. The molecule has 1 aliphatic rings. The third kappa shape index (κ3) is 3.57. The van der Waals surface area contributed by atoms with Crippen molar-refractivity contribution >= 4 is 0 Å². The van der Waals surface area contributed by atoms with Gasteiger partial charge in [0.25, 0.3) is 0 Å². The SMILES string of the molecule is COc1ccc(CC2=CC(N)CC(C)(C)C2)cc1F. The molecular weight excluding hydrogens is 241 g/mol. The molecule has 0 spiro atoms. The van der Waals surface area contributed by atoms with Gasteiger partial charge in [-0.15, -0.1) is 0 Å². The Morgan fingerprint density at radius 1 is 1.42 bits per heavy atom. The first kappa shape index (κ1) is 14.1. The monoisotopic (exact) mass is 263 g/mol. The lowest BCUT2D eigenvalue weighted by Crippen LogP contribution is -2.31. The Balaban J connectivity index is 2.15. The predicted molar refractivity (Wildman–Crippen MR) is 75.7 cm³/mol. The Morgan fingerprint density at radius 3 is 2.74 bits per heavy atom. The number of benzene rings is 1. The first-order valence-corrected chi connectivity index (χ1v) is 6.67. The highest BCUT2D eigenvalue weighted by molar-refractivity contribution is 5.32. The smallest absolute Gasteiger partial charge is 0.165 e. The van der Waals surface area contributed by atoms with Gasteiger partial charge >= 0.3 is 0 Å². The summed E-state index contributed by atoms with van der Waals surface area (Å²) in [4.78, 5) is 0. The van der Waals surface area contributed by atoms with Crippen LogP contribution in [0.25, 0.3) is 0 Å². The molecule has 0 heterocycles. The van der Waals surface area contributed by atoms with Crippen molar-refractivity contribution in [3.05, 3.63) is 41.2 Å². The summed E-state index contributed by atoms with van der Waals surface area (Å²) >= 11 is 0. The van der Waals surface area contributed by atoms with Gasteiger partial charge in [-0.1, -0.05) is 31.6 Å². The molecule has 0 fully saturated rings. The van der Waals surface area contributed by atoms with Crippen molar-refractivity contribution in [1.29, 1.82) is 0 Å². The van der Waals surface area contributed by atoms with E-state index >= 15 is 0 Å². The number of nitrogens with two attached hydrogens (primary N) is 1. The third-order valence-corrected chi connectivity index (χ3v) is 3.59. The molecule has 19 heavy (non-hydrogen) atoms. The number of halogens is 1. The van der Waals surface area contributed by atoms with Crippen LogP contribution in [0.4, 0.5) is 4.39 Å². The van der Waals surface area contributed by atoms with Crippen LogP contribution in [0.2, 0.25) is 0 Å². The average Bonchev–Trinajstić information content (AvgIpc) is 2.26. The summed E-state index contributed by atoms with van der Waals surface area (Å²) in [5.41, 5.74) is 8.56. The molecular formula is C16H22FNO. The average molecular weight is 263 g/mol. The van der Waals surface area contributed by atoms with Crippen molar-refractivity contribution in [2.24, 2.45) is 11.1 Å². The fourth-order valence-electron chi connectivity index (χ4n) is 2.95. The van der Waals surface area contributed by atoms with Gasteiger partial charge < -0.3 is 10.5 Å². The number of methoxy groups -OCH3 is 1. The summed E-state index contributed by atoms with van der Waals surface area (Å²) in [6, 6.07) is 5.25. The quantitative estimate of drug-likeness (QED) is 0.848. The van der Waals surface area contributed by atoms with Gasteiger partial charge in [0.05, 0.1) is 7.11 Å². The van der Waals surface area contributed by atoms with E-state index in [0.29, 0.717) is 5.75 Å². The van der Waals surface area contributed by atoms with Gasteiger partial charge in [-0.3, -0.25) is 0 Å².